The molecule has 158 valence electrons. The summed E-state index contributed by atoms with van der Waals surface area (Å²) in [5.41, 5.74) is 0.392. The predicted octanol–water partition coefficient (Wildman–Crippen LogP) is 1.98. The van der Waals surface area contributed by atoms with E-state index in [0.717, 1.165) is 4.31 Å². The molecular formula is C19H24N2O7S. The van der Waals surface area contributed by atoms with Crippen molar-refractivity contribution in [3.8, 4) is 23.0 Å². The third-order valence-corrected chi connectivity index (χ3v) is 5.93. The van der Waals surface area contributed by atoms with E-state index >= 15 is 0 Å². The van der Waals surface area contributed by atoms with Gasteiger partial charge in [-0.25, -0.2) is 8.42 Å². The van der Waals surface area contributed by atoms with E-state index in [1.54, 1.807) is 24.3 Å². The summed E-state index contributed by atoms with van der Waals surface area (Å²) in [6.07, 6.45) is 0. The molecule has 0 unspecified atom stereocenters. The van der Waals surface area contributed by atoms with Gasteiger partial charge in [0.15, 0.2) is 0 Å². The lowest BCUT2D eigenvalue weighted by atomic mass is 10.2. The SMILES string of the molecule is COc1ccc(NC(=O)CN(C)S(=O)(=O)c2cc(OC)ccc2OC)c(OC)c1. The molecule has 1 N–H and O–H groups in total. The Balaban J connectivity index is 2.21. The van der Waals surface area contributed by atoms with Gasteiger partial charge < -0.3 is 24.3 Å². The van der Waals surface area contributed by atoms with Crippen molar-refractivity contribution < 1.29 is 32.2 Å². The van der Waals surface area contributed by atoms with Crippen LogP contribution in [0.25, 0.3) is 0 Å². The molecule has 1 amide bonds. The number of rotatable bonds is 9. The lowest BCUT2D eigenvalue weighted by Crippen LogP contribution is -2.35. The molecule has 0 atom stereocenters. The highest BCUT2D eigenvalue weighted by molar-refractivity contribution is 7.89. The number of hydrogen-bond acceptors (Lipinski definition) is 7. The summed E-state index contributed by atoms with van der Waals surface area (Å²) in [5, 5.41) is 2.64. The molecule has 0 fully saturated rings. The second-order valence-electron chi connectivity index (χ2n) is 5.89. The summed E-state index contributed by atoms with van der Waals surface area (Å²) in [7, 11) is 3.05. The summed E-state index contributed by atoms with van der Waals surface area (Å²) >= 11 is 0. The Labute approximate surface area is 170 Å². The zero-order chi connectivity index (χ0) is 21.6. The Kier molecular flexibility index (Phi) is 7.29. The number of anilines is 1. The average molecular weight is 424 g/mol. The number of methoxy groups -OCH3 is 4. The van der Waals surface area contributed by atoms with Gasteiger partial charge in [0, 0.05) is 19.2 Å². The highest BCUT2D eigenvalue weighted by Gasteiger charge is 2.27. The topological polar surface area (TPSA) is 103 Å². The van der Waals surface area contributed by atoms with Crippen molar-refractivity contribution in [2.75, 3.05) is 47.3 Å². The summed E-state index contributed by atoms with van der Waals surface area (Å²) in [6.45, 7) is -0.419. The van der Waals surface area contributed by atoms with Crippen molar-refractivity contribution in [3.63, 3.8) is 0 Å². The first-order chi connectivity index (χ1) is 13.8. The van der Waals surface area contributed by atoms with Crippen molar-refractivity contribution in [1.82, 2.24) is 4.31 Å². The number of carbonyl (C=O) groups excluding carboxylic acids is 1. The molecule has 2 rings (SSSR count). The molecule has 0 bridgehead atoms. The van der Waals surface area contributed by atoms with Gasteiger partial charge in [0.1, 0.15) is 27.9 Å². The van der Waals surface area contributed by atoms with Gasteiger partial charge in [-0.2, -0.15) is 4.31 Å². The number of amides is 1. The summed E-state index contributed by atoms with van der Waals surface area (Å²) < 4.78 is 47.4. The van der Waals surface area contributed by atoms with E-state index in [-0.39, 0.29) is 10.6 Å². The van der Waals surface area contributed by atoms with Crippen LogP contribution in [0, 0.1) is 0 Å². The standard InChI is InChI=1S/C19H24N2O7S/c1-21(29(23,24)18-11-14(26-3)7-9-16(18)27-4)12-19(22)20-15-8-6-13(25-2)10-17(15)28-5/h6-11H,12H2,1-5H3,(H,20,22). The number of benzene rings is 2. The maximum absolute atomic E-state index is 12.9. The van der Waals surface area contributed by atoms with Gasteiger partial charge in [-0.1, -0.05) is 0 Å². The van der Waals surface area contributed by atoms with E-state index in [1.807, 2.05) is 0 Å². The number of nitrogens with zero attached hydrogens (tertiary/aromatic N) is 1. The summed E-state index contributed by atoms with van der Waals surface area (Å²) in [6, 6.07) is 9.28. The number of ether oxygens (including phenoxy) is 4. The lowest BCUT2D eigenvalue weighted by molar-refractivity contribution is -0.116. The fraction of sp³-hybridized carbons (Fsp3) is 0.316. The number of hydrogen-bond donors (Lipinski definition) is 1. The molecule has 2 aromatic rings. The van der Waals surface area contributed by atoms with Crippen LogP contribution >= 0.6 is 0 Å². The van der Waals surface area contributed by atoms with Crippen LogP contribution in [-0.4, -0.2) is 60.7 Å². The molecule has 10 heteroatoms. The molecule has 0 aliphatic heterocycles. The zero-order valence-corrected chi connectivity index (χ0v) is 17.7. The fourth-order valence-electron chi connectivity index (χ4n) is 2.53. The normalized spacial score (nSPS) is 11.1. The maximum Gasteiger partial charge on any atom is 0.247 e. The first-order valence-electron chi connectivity index (χ1n) is 8.47. The van der Waals surface area contributed by atoms with Crippen molar-refractivity contribution in [1.29, 1.82) is 0 Å². The van der Waals surface area contributed by atoms with Gasteiger partial charge in [-0.15, -0.1) is 0 Å². The van der Waals surface area contributed by atoms with E-state index in [0.29, 0.717) is 22.9 Å². The van der Waals surface area contributed by atoms with E-state index in [1.165, 1.54) is 47.6 Å². The number of nitrogens with one attached hydrogen (secondary N) is 1. The Morgan fingerprint density at radius 1 is 0.897 bits per heavy atom. The predicted molar refractivity (Wildman–Crippen MR) is 108 cm³/mol. The van der Waals surface area contributed by atoms with Crippen LogP contribution < -0.4 is 24.3 Å². The second-order valence-corrected chi connectivity index (χ2v) is 7.91. The molecular weight excluding hydrogens is 400 g/mol. The van der Waals surface area contributed by atoms with Gasteiger partial charge in [-0.05, 0) is 24.3 Å². The first-order valence-corrected chi connectivity index (χ1v) is 9.91. The average Bonchev–Trinajstić information content (AvgIpc) is 2.73. The van der Waals surface area contributed by atoms with Gasteiger partial charge in [0.2, 0.25) is 15.9 Å². The molecule has 29 heavy (non-hydrogen) atoms. The highest BCUT2D eigenvalue weighted by atomic mass is 32.2. The Morgan fingerprint density at radius 2 is 1.48 bits per heavy atom. The van der Waals surface area contributed by atoms with Gasteiger partial charge >= 0.3 is 0 Å². The molecule has 0 saturated carbocycles. The van der Waals surface area contributed by atoms with Crippen LogP contribution in [0.3, 0.4) is 0 Å². The zero-order valence-electron chi connectivity index (χ0n) is 16.9. The van der Waals surface area contributed by atoms with Gasteiger partial charge in [0.05, 0.1) is 40.7 Å². The van der Waals surface area contributed by atoms with Crippen LogP contribution in [0.1, 0.15) is 0 Å². The minimum absolute atomic E-state index is 0.100. The summed E-state index contributed by atoms with van der Waals surface area (Å²) in [4.78, 5) is 12.3. The van der Waals surface area contributed by atoms with E-state index < -0.39 is 22.5 Å². The Morgan fingerprint density at radius 3 is 2.07 bits per heavy atom. The largest absolute Gasteiger partial charge is 0.497 e. The molecule has 0 radical (unpaired) electrons. The van der Waals surface area contributed by atoms with Crippen LogP contribution in [0.4, 0.5) is 5.69 Å². The number of likely N-dealkylation sites (N-methyl/N-ethyl adjacent to an activating group) is 1. The molecule has 2 aromatic carbocycles. The maximum atomic E-state index is 12.9. The second kappa shape index (κ2) is 9.48. The van der Waals surface area contributed by atoms with Crippen LogP contribution in [0.5, 0.6) is 23.0 Å². The lowest BCUT2D eigenvalue weighted by Gasteiger charge is -2.19. The third kappa shape index (κ3) is 5.09. The van der Waals surface area contributed by atoms with Crippen molar-refractivity contribution in [3.05, 3.63) is 36.4 Å². The quantitative estimate of drug-likeness (QED) is 0.656. The van der Waals surface area contributed by atoms with Crippen molar-refractivity contribution >= 4 is 21.6 Å². The summed E-state index contributed by atoms with van der Waals surface area (Å²) in [5.74, 6) is 0.906. The first kappa shape index (κ1) is 22.3. The van der Waals surface area contributed by atoms with E-state index in [2.05, 4.69) is 5.32 Å². The smallest absolute Gasteiger partial charge is 0.247 e. The molecule has 0 saturated heterocycles. The van der Waals surface area contributed by atoms with Crippen molar-refractivity contribution in [2.24, 2.45) is 0 Å². The Bertz CT molecular complexity index is 977. The van der Waals surface area contributed by atoms with Gasteiger partial charge in [-0.3, -0.25) is 4.79 Å². The minimum atomic E-state index is -4.01. The third-order valence-electron chi connectivity index (χ3n) is 4.11. The number of carbonyl (C=O) groups is 1. The molecule has 0 aliphatic rings. The van der Waals surface area contributed by atoms with E-state index in [4.69, 9.17) is 18.9 Å². The molecule has 9 nitrogen and oxygen atoms in total. The Hall–Kier alpha value is -2.98. The van der Waals surface area contributed by atoms with Crippen LogP contribution in [0.15, 0.2) is 41.3 Å². The molecule has 0 aliphatic carbocycles. The van der Waals surface area contributed by atoms with Gasteiger partial charge in [0.25, 0.3) is 0 Å². The molecule has 0 heterocycles. The van der Waals surface area contributed by atoms with Crippen LogP contribution in [-0.2, 0) is 14.8 Å². The minimum Gasteiger partial charge on any atom is -0.497 e. The van der Waals surface area contributed by atoms with Crippen molar-refractivity contribution in [2.45, 2.75) is 4.90 Å². The van der Waals surface area contributed by atoms with E-state index in [9.17, 15) is 13.2 Å². The fourth-order valence-corrected chi connectivity index (χ4v) is 3.83. The number of sulfonamides is 1. The molecule has 0 aromatic heterocycles. The highest BCUT2D eigenvalue weighted by Crippen LogP contribution is 2.31. The molecule has 0 spiro atoms. The monoisotopic (exact) mass is 424 g/mol. The van der Waals surface area contributed by atoms with Crippen LogP contribution in [0.2, 0.25) is 0 Å².